The second kappa shape index (κ2) is 6.22. The van der Waals surface area contributed by atoms with Crippen LogP contribution in [0.1, 0.15) is 21.1 Å². The van der Waals surface area contributed by atoms with Gasteiger partial charge in [0.15, 0.2) is 0 Å². The molecule has 0 aliphatic rings. The number of nitrogens with one attached hydrogen (secondary N) is 1. The van der Waals surface area contributed by atoms with Crippen LogP contribution >= 0.6 is 22.9 Å². The molecule has 1 aromatic heterocycles. The average Bonchev–Trinajstić information content (AvgIpc) is 2.69. The van der Waals surface area contributed by atoms with E-state index in [1.807, 2.05) is 13.8 Å². The summed E-state index contributed by atoms with van der Waals surface area (Å²) in [7, 11) is -3.38. The average molecular weight is 331 g/mol. The van der Waals surface area contributed by atoms with Gasteiger partial charge in [-0.25, -0.2) is 18.1 Å². The molecule has 0 atom stereocenters. The number of nitrogens with zero attached hydrogens (tertiary/aromatic N) is 1. The van der Waals surface area contributed by atoms with E-state index in [9.17, 15) is 8.42 Å². The van der Waals surface area contributed by atoms with Gasteiger partial charge in [0.05, 0.1) is 18.0 Å². The Labute approximate surface area is 127 Å². The monoisotopic (exact) mass is 330 g/mol. The highest BCUT2D eigenvalue weighted by Crippen LogP contribution is 2.17. The van der Waals surface area contributed by atoms with Crippen LogP contribution in [0.2, 0.25) is 5.02 Å². The Morgan fingerprint density at radius 3 is 2.45 bits per heavy atom. The normalized spacial score (nSPS) is 11.8. The third-order valence-electron chi connectivity index (χ3n) is 2.79. The number of aryl methyl sites for hydroxylation is 2. The predicted molar refractivity (Wildman–Crippen MR) is 82.5 cm³/mol. The Hall–Kier alpha value is -0.950. The van der Waals surface area contributed by atoms with Crippen molar-refractivity contribution >= 4 is 33.0 Å². The molecule has 0 radical (unpaired) electrons. The summed E-state index contributed by atoms with van der Waals surface area (Å²) in [5, 5.41) is 1.37. The second-order valence-electron chi connectivity index (χ2n) is 4.46. The molecule has 0 unspecified atom stereocenters. The number of thiazole rings is 1. The maximum Gasteiger partial charge on any atom is 0.216 e. The molecule has 0 spiro atoms. The zero-order valence-electron chi connectivity index (χ0n) is 11.2. The highest BCUT2D eigenvalue weighted by atomic mass is 35.5. The van der Waals surface area contributed by atoms with Gasteiger partial charge in [-0.1, -0.05) is 23.7 Å². The maximum absolute atomic E-state index is 12.0. The van der Waals surface area contributed by atoms with Gasteiger partial charge >= 0.3 is 0 Å². The van der Waals surface area contributed by atoms with Crippen molar-refractivity contribution in [1.82, 2.24) is 9.71 Å². The molecular weight excluding hydrogens is 316 g/mol. The van der Waals surface area contributed by atoms with E-state index < -0.39 is 10.0 Å². The van der Waals surface area contributed by atoms with Gasteiger partial charge in [-0.3, -0.25) is 0 Å². The molecule has 108 valence electrons. The van der Waals surface area contributed by atoms with E-state index >= 15 is 0 Å². The minimum atomic E-state index is -3.38. The molecule has 1 N–H and O–H groups in total. The minimum absolute atomic E-state index is 0.0620. The lowest BCUT2D eigenvalue weighted by molar-refractivity contribution is 0.580. The van der Waals surface area contributed by atoms with Gasteiger partial charge in [-0.2, -0.15) is 0 Å². The predicted octanol–water partition coefficient (Wildman–Crippen LogP) is 3.03. The van der Waals surface area contributed by atoms with Crippen molar-refractivity contribution in [3.05, 3.63) is 50.4 Å². The Balaban J connectivity index is 1.99. The summed E-state index contributed by atoms with van der Waals surface area (Å²) < 4.78 is 26.5. The fourth-order valence-corrected chi connectivity index (χ4v) is 3.82. The Bertz CT molecular complexity index is 674. The summed E-state index contributed by atoms with van der Waals surface area (Å²) >= 11 is 7.28. The van der Waals surface area contributed by atoms with Crippen LogP contribution in [0.3, 0.4) is 0 Å². The van der Waals surface area contributed by atoms with Gasteiger partial charge in [0.2, 0.25) is 10.0 Å². The lowest BCUT2D eigenvalue weighted by atomic mass is 10.2. The van der Waals surface area contributed by atoms with Crippen molar-refractivity contribution in [1.29, 1.82) is 0 Å². The van der Waals surface area contributed by atoms with Crippen molar-refractivity contribution in [3.8, 4) is 0 Å². The van der Waals surface area contributed by atoms with E-state index in [0.29, 0.717) is 10.6 Å². The summed E-state index contributed by atoms with van der Waals surface area (Å²) in [6.45, 7) is 4.12. The molecule has 20 heavy (non-hydrogen) atoms. The number of hydrogen-bond acceptors (Lipinski definition) is 4. The number of hydrogen-bond donors (Lipinski definition) is 1. The van der Waals surface area contributed by atoms with E-state index in [-0.39, 0.29) is 12.3 Å². The van der Waals surface area contributed by atoms with Gasteiger partial charge in [0, 0.05) is 9.90 Å². The van der Waals surface area contributed by atoms with E-state index in [4.69, 9.17) is 11.6 Å². The van der Waals surface area contributed by atoms with Crippen LogP contribution in [0.5, 0.6) is 0 Å². The summed E-state index contributed by atoms with van der Waals surface area (Å²) in [4.78, 5) is 5.41. The lowest BCUT2D eigenvalue weighted by Crippen LogP contribution is -2.24. The summed E-state index contributed by atoms with van der Waals surface area (Å²) in [5.74, 6) is -0.0620. The topological polar surface area (TPSA) is 59.1 Å². The van der Waals surface area contributed by atoms with Crippen molar-refractivity contribution in [2.45, 2.75) is 26.1 Å². The third-order valence-corrected chi connectivity index (χ3v) is 5.41. The number of aromatic nitrogens is 1. The van der Waals surface area contributed by atoms with E-state index in [2.05, 4.69) is 9.71 Å². The molecule has 0 aliphatic heterocycles. The van der Waals surface area contributed by atoms with Gasteiger partial charge in [-0.05, 0) is 31.5 Å². The molecule has 0 aliphatic carbocycles. The number of halogens is 1. The van der Waals surface area contributed by atoms with Crippen LogP contribution in [0.15, 0.2) is 24.3 Å². The van der Waals surface area contributed by atoms with Crippen molar-refractivity contribution in [2.24, 2.45) is 0 Å². The largest absolute Gasteiger partial charge is 0.245 e. The molecule has 2 aromatic rings. The van der Waals surface area contributed by atoms with Gasteiger partial charge < -0.3 is 0 Å². The summed E-state index contributed by atoms with van der Waals surface area (Å²) in [6.07, 6.45) is 0. The van der Waals surface area contributed by atoms with Gasteiger partial charge in [0.1, 0.15) is 5.01 Å². The Morgan fingerprint density at radius 2 is 1.90 bits per heavy atom. The molecule has 0 bridgehead atoms. The zero-order chi connectivity index (χ0) is 14.8. The third kappa shape index (κ3) is 4.28. The molecule has 1 aromatic carbocycles. The molecule has 0 amide bonds. The van der Waals surface area contributed by atoms with Crippen LogP contribution in [-0.2, 0) is 22.3 Å². The molecule has 0 saturated carbocycles. The number of sulfonamides is 1. The first-order chi connectivity index (χ1) is 9.35. The summed E-state index contributed by atoms with van der Waals surface area (Å²) in [5.41, 5.74) is 1.65. The van der Waals surface area contributed by atoms with Crippen LogP contribution in [0.25, 0.3) is 0 Å². The Kier molecular flexibility index (Phi) is 4.80. The second-order valence-corrected chi connectivity index (χ2v) is 7.99. The molecule has 4 nitrogen and oxygen atoms in total. The number of benzene rings is 1. The Morgan fingerprint density at radius 1 is 1.25 bits per heavy atom. The molecule has 0 saturated heterocycles. The summed E-state index contributed by atoms with van der Waals surface area (Å²) in [6, 6.07) is 6.78. The van der Waals surface area contributed by atoms with E-state index in [1.54, 1.807) is 24.3 Å². The van der Waals surface area contributed by atoms with Crippen molar-refractivity contribution < 1.29 is 8.42 Å². The van der Waals surface area contributed by atoms with E-state index in [0.717, 1.165) is 15.6 Å². The van der Waals surface area contributed by atoms with Crippen LogP contribution in [-0.4, -0.2) is 13.4 Å². The van der Waals surface area contributed by atoms with Crippen molar-refractivity contribution in [2.75, 3.05) is 0 Å². The molecule has 1 heterocycles. The van der Waals surface area contributed by atoms with Crippen LogP contribution in [0.4, 0.5) is 0 Å². The van der Waals surface area contributed by atoms with Gasteiger partial charge in [-0.15, -0.1) is 11.3 Å². The highest BCUT2D eigenvalue weighted by molar-refractivity contribution is 7.88. The molecular formula is C13H15ClN2O2S2. The first kappa shape index (κ1) is 15.4. The van der Waals surface area contributed by atoms with Crippen LogP contribution < -0.4 is 4.72 Å². The molecule has 2 rings (SSSR count). The molecule has 7 heteroatoms. The SMILES string of the molecule is Cc1nc(CNS(=O)(=O)Cc2ccc(Cl)cc2)sc1C. The first-order valence-electron chi connectivity index (χ1n) is 6.00. The lowest BCUT2D eigenvalue weighted by Gasteiger charge is -2.05. The quantitative estimate of drug-likeness (QED) is 0.916. The van der Waals surface area contributed by atoms with Crippen LogP contribution in [0, 0.1) is 13.8 Å². The van der Waals surface area contributed by atoms with E-state index in [1.165, 1.54) is 11.3 Å². The fraction of sp³-hybridized carbons (Fsp3) is 0.308. The van der Waals surface area contributed by atoms with Crippen molar-refractivity contribution in [3.63, 3.8) is 0 Å². The molecule has 0 fully saturated rings. The number of rotatable bonds is 5. The fourth-order valence-electron chi connectivity index (χ4n) is 1.64. The standard InChI is InChI=1S/C13H15ClN2O2S2/c1-9-10(2)19-13(16-9)7-15-20(17,18)8-11-3-5-12(14)6-4-11/h3-6,15H,7-8H2,1-2H3. The minimum Gasteiger partial charge on any atom is -0.245 e. The maximum atomic E-state index is 12.0. The smallest absolute Gasteiger partial charge is 0.216 e. The van der Waals surface area contributed by atoms with Gasteiger partial charge in [0.25, 0.3) is 0 Å². The first-order valence-corrected chi connectivity index (χ1v) is 8.85. The highest BCUT2D eigenvalue weighted by Gasteiger charge is 2.13. The zero-order valence-corrected chi connectivity index (χ0v) is 13.6.